The van der Waals surface area contributed by atoms with E-state index in [0.717, 1.165) is 37.5 Å². The van der Waals surface area contributed by atoms with Crippen molar-refractivity contribution >= 4 is 17.2 Å². The number of aromatic nitrogens is 1. The maximum absolute atomic E-state index is 12.7. The third kappa shape index (κ3) is 3.92. The highest BCUT2D eigenvalue weighted by molar-refractivity contribution is 7.09. The van der Waals surface area contributed by atoms with Crippen LogP contribution < -0.4 is 0 Å². The Bertz CT molecular complexity index is 554. The molecule has 6 heteroatoms. The number of rotatable bonds is 4. The Morgan fingerprint density at radius 2 is 2.09 bits per heavy atom. The zero-order valence-corrected chi connectivity index (χ0v) is 14.9. The van der Waals surface area contributed by atoms with Gasteiger partial charge in [0.2, 0.25) is 0 Å². The molecule has 1 amide bonds. The Morgan fingerprint density at radius 1 is 1.35 bits per heavy atom. The maximum Gasteiger partial charge on any atom is 0.273 e. The molecule has 0 bridgehead atoms. The van der Waals surface area contributed by atoms with Crippen molar-refractivity contribution in [3.63, 3.8) is 0 Å². The summed E-state index contributed by atoms with van der Waals surface area (Å²) in [6.07, 6.45) is 4.07. The number of aliphatic hydroxyl groups is 1. The molecule has 1 aromatic heterocycles. The van der Waals surface area contributed by atoms with Gasteiger partial charge in [-0.1, -0.05) is 13.8 Å². The molecule has 128 valence electrons. The van der Waals surface area contributed by atoms with Gasteiger partial charge in [0.1, 0.15) is 5.69 Å². The first-order valence-electron chi connectivity index (χ1n) is 8.66. The average Bonchev–Trinajstić information content (AvgIpc) is 3.17. The fourth-order valence-electron chi connectivity index (χ4n) is 3.58. The normalized spacial score (nSPS) is 26.2. The second kappa shape index (κ2) is 6.87. The minimum Gasteiger partial charge on any atom is -0.387 e. The molecule has 1 atom stereocenters. The standard InChI is InChI=1S/C17H27N3O2S/c1-13(2)15-18-14(10-23-15)16(21)20-9-5-6-17(22,12-20)11-19-7-3-4-8-19/h10,13,22H,3-9,11-12H2,1-2H3/t17-/m1/s1. The predicted molar refractivity (Wildman–Crippen MR) is 92.0 cm³/mol. The summed E-state index contributed by atoms with van der Waals surface area (Å²) in [4.78, 5) is 21.3. The van der Waals surface area contributed by atoms with Crippen LogP contribution in [-0.4, -0.2) is 64.1 Å². The molecule has 2 fully saturated rings. The highest BCUT2D eigenvalue weighted by Crippen LogP contribution is 2.26. The summed E-state index contributed by atoms with van der Waals surface area (Å²) in [6, 6.07) is 0. The summed E-state index contributed by atoms with van der Waals surface area (Å²) in [5.74, 6) is 0.308. The molecule has 3 heterocycles. The predicted octanol–water partition coefficient (Wildman–Crippen LogP) is 2.33. The van der Waals surface area contributed by atoms with E-state index in [1.165, 1.54) is 12.8 Å². The van der Waals surface area contributed by atoms with E-state index in [1.54, 1.807) is 16.2 Å². The Morgan fingerprint density at radius 3 is 2.74 bits per heavy atom. The van der Waals surface area contributed by atoms with Crippen LogP contribution in [0.25, 0.3) is 0 Å². The van der Waals surface area contributed by atoms with Gasteiger partial charge in [-0.3, -0.25) is 4.79 Å². The minimum absolute atomic E-state index is 0.0345. The molecule has 0 unspecified atom stereocenters. The molecule has 2 aliphatic rings. The van der Waals surface area contributed by atoms with Crippen LogP contribution in [0.1, 0.15) is 60.9 Å². The SMILES string of the molecule is CC(C)c1nc(C(=O)N2CCC[C@@](O)(CN3CCCC3)C2)cs1. The molecule has 0 aromatic carbocycles. The van der Waals surface area contributed by atoms with Crippen molar-refractivity contribution in [2.45, 2.75) is 51.0 Å². The van der Waals surface area contributed by atoms with Crippen molar-refractivity contribution in [1.82, 2.24) is 14.8 Å². The van der Waals surface area contributed by atoms with E-state index >= 15 is 0 Å². The number of β-amino-alcohol motifs (C(OH)–C–C–N with tert-alkyl or cyclic N) is 1. The number of carbonyl (C=O) groups excluding carboxylic acids is 1. The van der Waals surface area contributed by atoms with Crippen LogP contribution in [0.2, 0.25) is 0 Å². The van der Waals surface area contributed by atoms with Gasteiger partial charge in [0, 0.05) is 24.4 Å². The van der Waals surface area contributed by atoms with Crippen molar-refractivity contribution in [3.8, 4) is 0 Å². The van der Waals surface area contributed by atoms with Gasteiger partial charge in [0.25, 0.3) is 5.91 Å². The fourth-order valence-corrected chi connectivity index (χ4v) is 4.39. The van der Waals surface area contributed by atoms with Gasteiger partial charge in [0.05, 0.1) is 17.2 Å². The van der Waals surface area contributed by atoms with Crippen molar-refractivity contribution < 1.29 is 9.90 Å². The molecular formula is C17H27N3O2S. The van der Waals surface area contributed by atoms with E-state index in [9.17, 15) is 9.90 Å². The van der Waals surface area contributed by atoms with E-state index in [0.29, 0.717) is 24.7 Å². The Hall–Kier alpha value is -0.980. The summed E-state index contributed by atoms with van der Waals surface area (Å²) in [5, 5.41) is 13.8. The number of hydrogen-bond acceptors (Lipinski definition) is 5. The number of nitrogens with zero attached hydrogens (tertiary/aromatic N) is 3. The number of carbonyl (C=O) groups is 1. The molecule has 0 aliphatic carbocycles. The molecular weight excluding hydrogens is 310 g/mol. The van der Waals surface area contributed by atoms with E-state index < -0.39 is 5.60 Å². The van der Waals surface area contributed by atoms with Gasteiger partial charge in [-0.05, 0) is 38.8 Å². The van der Waals surface area contributed by atoms with Crippen LogP contribution >= 0.6 is 11.3 Å². The van der Waals surface area contributed by atoms with E-state index in [1.807, 2.05) is 5.38 Å². The van der Waals surface area contributed by atoms with Crippen molar-refractivity contribution in [3.05, 3.63) is 16.1 Å². The quantitative estimate of drug-likeness (QED) is 0.916. The van der Waals surface area contributed by atoms with Gasteiger partial charge in [-0.25, -0.2) is 4.98 Å². The summed E-state index contributed by atoms with van der Waals surface area (Å²) in [5.41, 5.74) is -0.237. The number of piperidine rings is 1. The zero-order valence-electron chi connectivity index (χ0n) is 14.1. The second-order valence-electron chi connectivity index (χ2n) is 7.26. The summed E-state index contributed by atoms with van der Waals surface area (Å²) in [6.45, 7) is 8.14. The molecule has 3 rings (SSSR count). The molecule has 0 saturated carbocycles. The van der Waals surface area contributed by atoms with Gasteiger partial charge in [-0.15, -0.1) is 11.3 Å². The molecule has 0 spiro atoms. The van der Waals surface area contributed by atoms with Crippen LogP contribution in [0, 0.1) is 0 Å². The molecule has 5 nitrogen and oxygen atoms in total. The molecule has 2 aliphatic heterocycles. The number of hydrogen-bond donors (Lipinski definition) is 1. The molecule has 1 N–H and O–H groups in total. The Labute approximate surface area is 142 Å². The fraction of sp³-hybridized carbons (Fsp3) is 0.765. The van der Waals surface area contributed by atoms with E-state index in [2.05, 4.69) is 23.7 Å². The summed E-state index contributed by atoms with van der Waals surface area (Å²) < 4.78 is 0. The van der Waals surface area contributed by atoms with Crippen molar-refractivity contribution in [2.24, 2.45) is 0 Å². The largest absolute Gasteiger partial charge is 0.387 e. The molecule has 1 aromatic rings. The Balaban J connectivity index is 1.65. The first-order valence-corrected chi connectivity index (χ1v) is 9.54. The number of likely N-dealkylation sites (tertiary alicyclic amines) is 2. The van der Waals surface area contributed by atoms with Crippen LogP contribution in [0.4, 0.5) is 0 Å². The maximum atomic E-state index is 12.7. The smallest absolute Gasteiger partial charge is 0.273 e. The summed E-state index contributed by atoms with van der Waals surface area (Å²) >= 11 is 1.55. The number of thiazole rings is 1. The van der Waals surface area contributed by atoms with Crippen LogP contribution in [0.3, 0.4) is 0 Å². The Kier molecular flexibility index (Phi) is 5.04. The lowest BCUT2D eigenvalue weighted by Gasteiger charge is -2.41. The summed E-state index contributed by atoms with van der Waals surface area (Å²) in [7, 11) is 0. The second-order valence-corrected chi connectivity index (χ2v) is 8.15. The van der Waals surface area contributed by atoms with Crippen molar-refractivity contribution in [1.29, 1.82) is 0 Å². The first kappa shape index (κ1) is 16.9. The van der Waals surface area contributed by atoms with Crippen LogP contribution in [0.15, 0.2) is 5.38 Å². The third-order valence-electron chi connectivity index (χ3n) is 4.79. The molecule has 23 heavy (non-hydrogen) atoms. The molecule has 2 saturated heterocycles. The van der Waals surface area contributed by atoms with Crippen molar-refractivity contribution in [2.75, 3.05) is 32.7 Å². The lowest BCUT2D eigenvalue weighted by atomic mass is 9.92. The monoisotopic (exact) mass is 337 g/mol. The van der Waals surface area contributed by atoms with Gasteiger partial charge in [-0.2, -0.15) is 0 Å². The van der Waals surface area contributed by atoms with Crippen LogP contribution in [0.5, 0.6) is 0 Å². The van der Waals surface area contributed by atoms with Crippen LogP contribution in [-0.2, 0) is 0 Å². The third-order valence-corrected chi connectivity index (χ3v) is 5.94. The van der Waals surface area contributed by atoms with Gasteiger partial charge >= 0.3 is 0 Å². The minimum atomic E-state index is -0.769. The highest BCUT2D eigenvalue weighted by atomic mass is 32.1. The lowest BCUT2D eigenvalue weighted by molar-refractivity contribution is -0.0432. The van der Waals surface area contributed by atoms with Gasteiger partial charge in [0.15, 0.2) is 0 Å². The average molecular weight is 337 g/mol. The van der Waals surface area contributed by atoms with Gasteiger partial charge < -0.3 is 14.9 Å². The topological polar surface area (TPSA) is 56.7 Å². The highest BCUT2D eigenvalue weighted by Gasteiger charge is 2.37. The first-order chi connectivity index (χ1) is 11.0. The van der Waals surface area contributed by atoms with E-state index in [4.69, 9.17) is 0 Å². The zero-order chi connectivity index (χ0) is 16.4. The number of amides is 1. The lowest BCUT2D eigenvalue weighted by Crippen LogP contribution is -2.55. The molecule has 0 radical (unpaired) electrons. The van der Waals surface area contributed by atoms with E-state index in [-0.39, 0.29) is 5.91 Å².